The van der Waals surface area contributed by atoms with Crippen LogP contribution in [0.4, 0.5) is 0 Å². The summed E-state index contributed by atoms with van der Waals surface area (Å²) >= 11 is 0. The van der Waals surface area contributed by atoms with E-state index in [0.717, 1.165) is 0 Å². The molecule has 0 spiro atoms. The maximum atomic E-state index is 12.3. The predicted molar refractivity (Wildman–Crippen MR) is 145 cm³/mol. The molecule has 21 heteroatoms. The highest BCUT2D eigenvalue weighted by molar-refractivity contribution is 5.91. The average Bonchev–Trinajstić information content (AvgIpc) is 2.91. The van der Waals surface area contributed by atoms with Crippen LogP contribution in [0.1, 0.15) is 57.8 Å². The van der Waals surface area contributed by atoms with Crippen molar-refractivity contribution < 1.29 is 73.5 Å². The molecule has 0 aliphatic rings. The molecule has 0 aliphatic carbocycles. The van der Waals surface area contributed by atoms with Gasteiger partial charge in [0.05, 0.1) is 12.5 Å². The smallest absolute Gasteiger partial charge is 0.326 e. The van der Waals surface area contributed by atoms with Gasteiger partial charge < -0.3 is 58.3 Å². The molecule has 13 N–H and O–H groups in total. The molecule has 0 aromatic heterocycles. The van der Waals surface area contributed by atoms with Gasteiger partial charge in [-0.3, -0.25) is 28.8 Å². The van der Waals surface area contributed by atoms with Crippen LogP contribution < -0.4 is 32.7 Å². The number of carboxylic acid groups (broad SMARTS) is 5. The average molecular weight is 649 g/mol. The van der Waals surface area contributed by atoms with Crippen molar-refractivity contribution in [1.29, 1.82) is 0 Å². The first kappa shape index (κ1) is 39.7. The molecule has 0 saturated heterocycles. The second-order valence-electron chi connectivity index (χ2n) is 9.60. The topological polar surface area (TPSA) is 372 Å². The number of carbonyl (C=O) groups excluding carboxylic acids is 5. The van der Waals surface area contributed by atoms with Crippen LogP contribution in [0.2, 0.25) is 0 Å². The summed E-state index contributed by atoms with van der Waals surface area (Å²) in [6.07, 6.45) is -4.90. The first-order valence-electron chi connectivity index (χ1n) is 13.2. The number of amides is 5. The third kappa shape index (κ3) is 17.4. The molecule has 0 heterocycles. The van der Waals surface area contributed by atoms with E-state index < -0.39 is 147 Å². The van der Waals surface area contributed by atoms with Gasteiger partial charge in [-0.25, -0.2) is 19.2 Å². The molecular weight excluding hydrogens is 612 g/mol. The summed E-state index contributed by atoms with van der Waals surface area (Å²) < 4.78 is 0. The molecule has 0 fully saturated rings. The number of rotatable bonds is 23. The van der Waals surface area contributed by atoms with Gasteiger partial charge in [-0.2, -0.15) is 0 Å². The Hall–Kier alpha value is -5.34. The normalized spacial score (nSPS) is 13.9. The third-order valence-electron chi connectivity index (χ3n) is 5.90. The summed E-state index contributed by atoms with van der Waals surface area (Å²) in [5.74, 6) is -12.4. The van der Waals surface area contributed by atoms with Crippen molar-refractivity contribution in [3.8, 4) is 0 Å². The van der Waals surface area contributed by atoms with Crippen LogP contribution in [0.5, 0.6) is 0 Å². The number of aliphatic carboxylic acids is 5. The maximum absolute atomic E-state index is 12.3. The highest BCUT2D eigenvalue weighted by Gasteiger charge is 2.28. The van der Waals surface area contributed by atoms with Crippen molar-refractivity contribution in [3.63, 3.8) is 0 Å². The van der Waals surface area contributed by atoms with Crippen molar-refractivity contribution in [2.45, 2.75) is 88.0 Å². The van der Waals surface area contributed by atoms with E-state index in [1.165, 1.54) is 0 Å². The molecule has 0 aromatic rings. The fraction of sp³-hybridized carbons (Fsp3) is 0.583. The molecule has 252 valence electrons. The minimum atomic E-state index is -1.67. The van der Waals surface area contributed by atoms with E-state index in [9.17, 15) is 63.3 Å². The van der Waals surface area contributed by atoms with E-state index in [2.05, 4.69) is 10.6 Å². The number of primary amides is 1. The lowest BCUT2D eigenvalue weighted by Gasteiger charge is -2.19. The molecule has 0 radical (unpaired) electrons. The molecule has 0 saturated carbocycles. The minimum absolute atomic E-state index is 0.430. The van der Waals surface area contributed by atoms with Gasteiger partial charge in [-0.1, -0.05) is 0 Å². The fourth-order valence-corrected chi connectivity index (χ4v) is 3.51. The number of nitrogens with one attached hydrogen (secondary N) is 4. The molecule has 5 atom stereocenters. The molecule has 5 amide bonds. The van der Waals surface area contributed by atoms with Crippen LogP contribution in [0.3, 0.4) is 0 Å². The Morgan fingerprint density at radius 1 is 0.489 bits per heavy atom. The Bertz CT molecular complexity index is 1160. The number of carboxylic acids is 5. The lowest BCUT2D eigenvalue weighted by atomic mass is 10.1. The third-order valence-corrected chi connectivity index (χ3v) is 5.90. The van der Waals surface area contributed by atoms with Crippen LogP contribution in [0.15, 0.2) is 0 Å². The highest BCUT2D eigenvalue weighted by Crippen LogP contribution is 2.06. The number of carbonyl (C=O) groups is 10. The maximum Gasteiger partial charge on any atom is 0.326 e. The van der Waals surface area contributed by atoms with Gasteiger partial charge in [0.25, 0.3) is 0 Å². The first-order valence-corrected chi connectivity index (χ1v) is 13.2. The second kappa shape index (κ2) is 19.8. The number of hydrogen-bond acceptors (Lipinski definition) is 11. The lowest BCUT2D eigenvalue weighted by molar-refractivity contribution is -0.144. The van der Waals surface area contributed by atoms with Crippen LogP contribution in [-0.2, 0) is 47.9 Å². The molecular formula is C24H36N6O15. The number of hydrogen-bond donors (Lipinski definition) is 11. The molecule has 0 aliphatic heterocycles. The summed E-state index contributed by atoms with van der Waals surface area (Å²) in [7, 11) is 0. The van der Waals surface area contributed by atoms with Gasteiger partial charge in [0.1, 0.15) is 24.2 Å². The van der Waals surface area contributed by atoms with Crippen LogP contribution in [-0.4, -0.2) is 115 Å². The Labute approximate surface area is 254 Å². The summed E-state index contributed by atoms with van der Waals surface area (Å²) in [4.78, 5) is 116. The zero-order valence-electron chi connectivity index (χ0n) is 23.7. The van der Waals surface area contributed by atoms with E-state index in [4.69, 9.17) is 21.7 Å². The van der Waals surface area contributed by atoms with Crippen LogP contribution >= 0.6 is 0 Å². The van der Waals surface area contributed by atoms with E-state index >= 15 is 0 Å². The second-order valence-corrected chi connectivity index (χ2v) is 9.60. The standard InChI is InChI=1S/C24H36N6O15/c25-10(9-15(26)31)20(37)30-14(24(44)45)3-7-18(34)28-12(22(40)41)1-5-16(32)27-11(21(38)39)2-6-17(33)29-13(23(42)43)4-8-19(35)36/h10-14H,1-9,25H2,(H2,26,31)(H,27,32)(H,28,34)(H,29,33)(H,30,37)(H,35,36)(H,38,39)(H,40,41)(H,42,43)(H,44,45)/t10-,11-,12-,13-,14-/m0/s1. The summed E-state index contributed by atoms with van der Waals surface area (Å²) in [6, 6.07) is -7.94. The number of nitrogens with two attached hydrogens (primary N) is 2. The zero-order valence-corrected chi connectivity index (χ0v) is 23.7. The molecule has 45 heavy (non-hydrogen) atoms. The highest BCUT2D eigenvalue weighted by atomic mass is 16.4. The van der Waals surface area contributed by atoms with Gasteiger partial charge in [0.2, 0.25) is 29.5 Å². The molecule has 0 unspecified atom stereocenters. The van der Waals surface area contributed by atoms with Crippen molar-refractivity contribution in [3.05, 3.63) is 0 Å². The SMILES string of the molecule is NC(=O)C[C@H](N)C(=O)N[C@@H](CCC(=O)N[C@@H](CCC(=O)N[C@@H](CCC(=O)N[C@@H](CCC(=O)O)C(=O)O)C(=O)O)C(=O)O)C(=O)O. The summed E-state index contributed by atoms with van der Waals surface area (Å²) in [5.41, 5.74) is 10.4. The first-order chi connectivity index (χ1) is 20.8. The lowest BCUT2D eigenvalue weighted by Crippen LogP contribution is -2.50. The van der Waals surface area contributed by atoms with Crippen molar-refractivity contribution in [2.24, 2.45) is 11.5 Å². The van der Waals surface area contributed by atoms with Gasteiger partial charge in [-0.15, -0.1) is 0 Å². The fourth-order valence-electron chi connectivity index (χ4n) is 3.51. The van der Waals surface area contributed by atoms with E-state index in [0.29, 0.717) is 0 Å². The van der Waals surface area contributed by atoms with Crippen LogP contribution in [0, 0.1) is 0 Å². The zero-order chi connectivity index (χ0) is 34.9. The molecule has 0 rings (SSSR count). The minimum Gasteiger partial charge on any atom is -0.481 e. The Balaban J connectivity index is 4.96. The van der Waals surface area contributed by atoms with Crippen molar-refractivity contribution in [1.82, 2.24) is 21.3 Å². The molecule has 0 bridgehead atoms. The van der Waals surface area contributed by atoms with E-state index in [-0.39, 0.29) is 0 Å². The summed E-state index contributed by atoms with van der Waals surface area (Å²) in [6.45, 7) is 0. The Kier molecular flexibility index (Phi) is 17.4. The Morgan fingerprint density at radius 3 is 1.04 bits per heavy atom. The van der Waals surface area contributed by atoms with Gasteiger partial charge >= 0.3 is 29.8 Å². The monoisotopic (exact) mass is 648 g/mol. The molecule has 0 aromatic carbocycles. The predicted octanol–water partition coefficient (Wildman–Crippen LogP) is -4.33. The van der Waals surface area contributed by atoms with E-state index in [1.54, 1.807) is 0 Å². The van der Waals surface area contributed by atoms with Crippen molar-refractivity contribution in [2.75, 3.05) is 0 Å². The quantitative estimate of drug-likeness (QED) is 0.0498. The van der Waals surface area contributed by atoms with Crippen molar-refractivity contribution >= 4 is 59.4 Å². The van der Waals surface area contributed by atoms with Gasteiger partial charge in [0.15, 0.2) is 0 Å². The van der Waals surface area contributed by atoms with E-state index in [1.807, 2.05) is 10.6 Å². The van der Waals surface area contributed by atoms with Gasteiger partial charge in [0, 0.05) is 25.7 Å². The summed E-state index contributed by atoms with van der Waals surface area (Å²) in [5, 5.41) is 53.9. The Morgan fingerprint density at radius 2 is 0.778 bits per heavy atom. The van der Waals surface area contributed by atoms with Gasteiger partial charge in [-0.05, 0) is 25.7 Å². The van der Waals surface area contributed by atoms with Crippen LogP contribution in [0.25, 0.3) is 0 Å². The largest absolute Gasteiger partial charge is 0.481 e. The molecule has 21 nitrogen and oxygen atoms in total.